The molecule has 0 radical (unpaired) electrons. The fourth-order valence-electron chi connectivity index (χ4n) is 2.06. The van der Waals surface area contributed by atoms with Gasteiger partial charge in [-0.25, -0.2) is 0 Å². The van der Waals surface area contributed by atoms with Crippen LogP contribution in [0.5, 0.6) is 0 Å². The van der Waals surface area contributed by atoms with E-state index in [0.717, 1.165) is 39.0 Å². The largest absolute Gasteiger partial charge is 0.378 e. The molecule has 15 heavy (non-hydrogen) atoms. The second-order valence-corrected chi connectivity index (χ2v) is 4.51. The van der Waals surface area contributed by atoms with Gasteiger partial charge in [0.2, 0.25) is 0 Å². The van der Waals surface area contributed by atoms with Crippen molar-refractivity contribution in [2.24, 2.45) is 5.73 Å². The molecule has 1 fully saturated rings. The Labute approximate surface area is 93.8 Å². The molecule has 3 heteroatoms. The molecule has 90 valence electrons. The van der Waals surface area contributed by atoms with Crippen molar-refractivity contribution in [3.05, 3.63) is 0 Å². The number of hydrogen-bond acceptors (Lipinski definition) is 3. The third-order valence-electron chi connectivity index (χ3n) is 3.02. The fourth-order valence-corrected chi connectivity index (χ4v) is 2.06. The van der Waals surface area contributed by atoms with Crippen molar-refractivity contribution in [1.29, 1.82) is 0 Å². The van der Waals surface area contributed by atoms with E-state index in [-0.39, 0.29) is 0 Å². The highest BCUT2D eigenvalue weighted by atomic mass is 16.5. The Bertz CT molecular complexity index is 147. The minimum absolute atomic E-state index is 0.380. The maximum absolute atomic E-state index is 5.92. The highest BCUT2D eigenvalue weighted by molar-refractivity contribution is 4.67. The quantitative estimate of drug-likeness (QED) is 0.604. The first-order valence-corrected chi connectivity index (χ1v) is 6.40. The van der Waals surface area contributed by atoms with Gasteiger partial charge in [-0.2, -0.15) is 0 Å². The number of hydrogen-bond donors (Lipinski definition) is 2. The molecule has 0 saturated carbocycles. The van der Waals surface area contributed by atoms with Gasteiger partial charge in [-0.15, -0.1) is 0 Å². The first kappa shape index (κ1) is 12.9. The zero-order valence-electron chi connectivity index (χ0n) is 10.0. The summed E-state index contributed by atoms with van der Waals surface area (Å²) in [4.78, 5) is 0. The van der Waals surface area contributed by atoms with Crippen LogP contribution in [0.3, 0.4) is 0 Å². The molecule has 1 aliphatic rings. The number of nitrogens with two attached hydrogens (primary N) is 1. The van der Waals surface area contributed by atoms with E-state index in [2.05, 4.69) is 12.2 Å². The third-order valence-corrected chi connectivity index (χ3v) is 3.02. The molecule has 0 spiro atoms. The van der Waals surface area contributed by atoms with Crippen molar-refractivity contribution in [1.82, 2.24) is 5.32 Å². The molecule has 0 bridgehead atoms. The van der Waals surface area contributed by atoms with Crippen LogP contribution in [0.1, 0.15) is 45.4 Å². The van der Waals surface area contributed by atoms with Gasteiger partial charge in [0.15, 0.2) is 0 Å². The van der Waals surface area contributed by atoms with Crippen LogP contribution >= 0.6 is 0 Å². The Kier molecular flexibility index (Phi) is 6.98. The van der Waals surface area contributed by atoms with Crippen LogP contribution in [0, 0.1) is 0 Å². The maximum Gasteiger partial charge on any atom is 0.0588 e. The molecule has 2 unspecified atom stereocenters. The fraction of sp³-hybridized carbons (Fsp3) is 1.00. The van der Waals surface area contributed by atoms with Gasteiger partial charge in [0, 0.05) is 12.6 Å². The second kappa shape index (κ2) is 8.08. The Morgan fingerprint density at radius 3 is 2.93 bits per heavy atom. The summed E-state index contributed by atoms with van der Waals surface area (Å²) in [7, 11) is 0. The van der Waals surface area contributed by atoms with Crippen LogP contribution in [-0.2, 0) is 4.74 Å². The molecule has 1 heterocycles. The van der Waals surface area contributed by atoms with Gasteiger partial charge >= 0.3 is 0 Å². The van der Waals surface area contributed by atoms with Crippen molar-refractivity contribution in [2.75, 3.05) is 19.7 Å². The van der Waals surface area contributed by atoms with Gasteiger partial charge in [0.25, 0.3) is 0 Å². The summed E-state index contributed by atoms with van der Waals surface area (Å²) in [6.07, 6.45) is 7.59. The Balaban J connectivity index is 1.84. The van der Waals surface area contributed by atoms with Crippen molar-refractivity contribution in [3.8, 4) is 0 Å². The summed E-state index contributed by atoms with van der Waals surface area (Å²) in [5.41, 5.74) is 5.92. The van der Waals surface area contributed by atoms with E-state index in [1.165, 1.54) is 19.3 Å². The van der Waals surface area contributed by atoms with Gasteiger partial charge in [-0.3, -0.25) is 0 Å². The topological polar surface area (TPSA) is 47.3 Å². The Morgan fingerprint density at radius 2 is 2.27 bits per heavy atom. The van der Waals surface area contributed by atoms with E-state index in [1.807, 2.05) is 0 Å². The molecule has 0 aromatic carbocycles. The predicted octanol–water partition coefficient (Wildman–Crippen LogP) is 1.66. The molecule has 2 atom stereocenters. The van der Waals surface area contributed by atoms with Crippen LogP contribution < -0.4 is 11.1 Å². The van der Waals surface area contributed by atoms with E-state index < -0.39 is 0 Å². The lowest BCUT2D eigenvalue weighted by Gasteiger charge is -2.12. The smallest absolute Gasteiger partial charge is 0.0588 e. The summed E-state index contributed by atoms with van der Waals surface area (Å²) in [6, 6.07) is 0.380. The Morgan fingerprint density at radius 1 is 1.40 bits per heavy atom. The molecule has 0 aliphatic carbocycles. The van der Waals surface area contributed by atoms with E-state index >= 15 is 0 Å². The zero-order valence-corrected chi connectivity index (χ0v) is 10.0. The molecule has 3 N–H and O–H groups in total. The number of ether oxygens (including phenoxy) is 1. The minimum Gasteiger partial charge on any atom is -0.378 e. The molecular formula is C12H26N2O. The first-order chi connectivity index (χ1) is 7.33. The molecule has 1 aliphatic heterocycles. The van der Waals surface area contributed by atoms with Gasteiger partial charge in [-0.05, 0) is 45.2 Å². The molecule has 0 amide bonds. The minimum atomic E-state index is 0.380. The molecule has 1 rings (SSSR count). The van der Waals surface area contributed by atoms with Crippen LogP contribution in [0.2, 0.25) is 0 Å². The lowest BCUT2D eigenvalue weighted by atomic mass is 10.1. The van der Waals surface area contributed by atoms with E-state index in [1.54, 1.807) is 0 Å². The maximum atomic E-state index is 5.92. The van der Waals surface area contributed by atoms with Crippen molar-refractivity contribution in [3.63, 3.8) is 0 Å². The van der Waals surface area contributed by atoms with Gasteiger partial charge < -0.3 is 15.8 Å². The standard InChI is InChI=1S/C12H26N2O/c1-2-4-11(13)6-8-14-9-7-12-5-3-10-15-12/h11-12,14H,2-10,13H2,1H3. The van der Waals surface area contributed by atoms with Crippen LogP contribution in [0.4, 0.5) is 0 Å². The lowest BCUT2D eigenvalue weighted by molar-refractivity contribution is 0.104. The highest BCUT2D eigenvalue weighted by Gasteiger charge is 2.14. The van der Waals surface area contributed by atoms with Crippen molar-refractivity contribution < 1.29 is 4.74 Å². The summed E-state index contributed by atoms with van der Waals surface area (Å²) in [6.45, 7) is 5.27. The normalized spacial score (nSPS) is 23.2. The van der Waals surface area contributed by atoms with E-state index in [4.69, 9.17) is 10.5 Å². The van der Waals surface area contributed by atoms with Gasteiger partial charge in [-0.1, -0.05) is 13.3 Å². The van der Waals surface area contributed by atoms with Crippen LogP contribution in [-0.4, -0.2) is 31.8 Å². The average Bonchev–Trinajstić information content (AvgIpc) is 2.70. The molecular weight excluding hydrogens is 188 g/mol. The number of rotatable bonds is 8. The lowest BCUT2D eigenvalue weighted by Crippen LogP contribution is -2.28. The summed E-state index contributed by atoms with van der Waals surface area (Å²) in [5.74, 6) is 0. The van der Waals surface area contributed by atoms with E-state index in [9.17, 15) is 0 Å². The SMILES string of the molecule is CCCC(N)CCNCCC1CCCO1. The first-order valence-electron chi connectivity index (χ1n) is 6.40. The summed E-state index contributed by atoms with van der Waals surface area (Å²) in [5, 5.41) is 3.44. The summed E-state index contributed by atoms with van der Waals surface area (Å²) < 4.78 is 5.55. The molecule has 0 aromatic rings. The average molecular weight is 214 g/mol. The van der Waals surface area contributed by atoms with Crippen molar-refractivity contribution in [2.45, 2.75) is 57.6 Å². The zero-order chi connectivity index (χ0) is 10.9. The second-order valence-electron chi connectivity index (χ2n) is 4.51. The van der Waals surface area contributed by atoms with Gasteiger partial charge in [0.1, 0.15) is 0 Å². The Hall–Kier alpha value is -0.120. The monoisotopic (exact) mass is 214 g/mol. The van der Waals surface area contributed by atoms with Crippen molar-refractivity contribution >= 4 is 0 Å². The summed E-state index contributed by atoms with van der Waals surface area (Å²) >= 11 is 0. The van der Waals surface area contributed by atoms with Crippen LogP contribution in [0.15, 0.2) is 0 Å². The molecule has 1 saturated heterocycles. The number of nitrogens with one attached hydrogen (secondary N) is 1. The van der Waals surface area contributed by atoms with E-state index in [0.29, 0.717) is 12.1 Å². The predicted molar refractivity (Wildman–Crippen MR) is 64.0 cm³/mol. The molecule has 0 aromatic heterocycles. The van der Waals surface area contributed by atoms with Crippen LogP contribution in [0.25, 0.3) is 0 Å². The third kappa shape index (κ3) is 6.13. The van der Waals surface area contributed by atoms with Gasteiger partial charge in [0.05, 0.1) is 6.10 Å². The highest BCUT2D eigenvalue weighted by Crippen LogP contribution is 2.14. The molecule has 3 nitrogen and oxygen atoms in total.